The molecule has 0 aromatic carbocycles. The molecule has 0 spiro atoms. The Morgan fingerprint density at radius 2 is 1.67 bits per heavy atom. The van der Waals surface area contributed by atoms with Crippen LogP contribution in [-0.4, -0.2) is 12.6 Å². The molecule has 0 saturated heterocycles. The summed E-state index contributed by atoms with van der Waals surface area (Å²) in [5.41, 5.74) is 0. The number of hydrogen-bond acceptors (Lipinski definition) is 2. The molecule has 2 heteroatoms. The van der Waals surface area contributed by atoms with Crippen LogP contribution in [0.25, 0.3) is 0 Å². The summed E-state index contributed by atoms with van der Waals surface area (Å²) in [4.78, 5) is 11.3. The van der Waals surface area contributed by atoms with Crippen LogP contribution in [0.2, 0.25) is 0 Å². The highest BCUT2D eigenvalue weighted by Gasteiger charge is 1.95. The second kappa shape index (κ2) is 14.0. The number of carbonyl (C=O) groups is 1. The maximum absolute atomic E-state index is 11.3. The lowest BCUT2D eigenvalue weighted by molar-refractivity contribution is -0.137. The van der Waals surface area contributed by atoms with E-state index in [0.29, 0.717) is 6.61 Å². The molecule has 0 aliphatic rings. The van der Waals surface area contributed by atoms with Crippen LogP contribution >= 0.6 is 0 Å². The quantitative estimate of drug-likeness (QED) is 0.228. The number of allylic oxidation sites excluding steroid dienone is 3. The van der Waals surface area contributed by atoms with Gasteiger partial charge in [0.25, 0.3) is 0 Å². The zero-order chi connectivity index (χ0) is 13.5. The van der Waals surface area contributed by atoms with Crippen molar-refractivity contribution in [2.24, 2.45) is 0 Å². The lowest BCUT2D eigenvalue weighted by Crippen LogP contribution is -2.01. The van der Waals surface area contributed by atoms with Crippen LogP contribution in [0.3, 0.4) is 0 Å². The molecule has 0 saturated carbocycles. The first-order valence-corrected chi connectivity index (χ1v) is 7.31. The number of ether oxygens (including phenoxy) is 1. The van der Waals surface area contributed by atoms with Crippen LogP contribution in [0, 0.1) is 0 Å². The van der Waals surface area contributed by atoms with Crippen molar-refractivity contribution >= 4 is 5.97 Å². The van der Waals surface area contributed by atoms with Crippen molar-refractivity contribution in [3.8, 4) is 0 Å². The van der Waals surface area contributed by atoms with Gasteiger partial charge >= 0.3 is 5.97 Å². The van der Waals surface area contributed by atoms with Gasteiger partial charge in [-0.1, -0.05) is 64.2 Å². The van der Waals surface area contributed by atoms with Gasteiger partial charge in [0, 0.05) is 6.08 Å². The van der Waals surface area contributed by atoms with E-state index in [9.17, 15) is 4.79 Å². The summed E-state index contributed by atoms with van der Waals surface area (Å²) in [6.07, 6.45) is 16.6. The smallest absolute Gasteiger partial charge is 0.330 e. The first kappa shape index (κ1) is 16.9. The molecule has 0 amide bonds. The molecular weight excluding hydrogens is 224 g/mol. The monoisotopic (exact) mass is 252 g/mol. The molecule has 0 rings (SSSR count). The lowest BCUT2D eigenvalue weighted by Gasteiger charge is -2.00. The van der Waals surface area contributed by atoms with Crippen LogP contribution < -0.4 is 0 Å². The molecule has 0 atom stereocenters. The Hall–Kier alpha value is -1.05. The highest BCUT2D eigenvalue weighted by atomic mass is 16.5. The van der Waals surface area contributed by atoms with Crippen molar-refractivity contribution in [1.82, 2.24) is 0 Å². The summed E-state index contributed by atoms with van der Waals surface area (Å²) in [7, 11) is 0. The van der Waals surface area contributed by atoms with Gasteiger partial charge < -0.3 is 4.74 Å². The zero-order valence-corrected chi connectivity index (χ0v) is 12.0. The summed E-state index contributed by atoms with van der Waals surface area (Å²) < 4.78 is 5.07. The second-order valence-electron chi connectivity index (χ2n) is 4.51. The molecule has 0 radical (unpaired) electrons. The Morgan fingerprint density at radius 1 is 0.944 bits per heavy atom. The highest BCUT2D eigenvalue weighted by molar-refractivity contribution is 5.82. The van der Waals surface area contributed by atoms with Crippen molar-refractivity contribution in [3.05, 3.63) is 24.3 Å². The number of carbonyl (C=O) groups excluding carboxylic acids is 1. The van der Waals surface area contributed by atoms with Crippen molar-refractivity contribution in [1.29, 1.82) is 0 Å². The number of rotatable bonds is 11. The highest BCUT2D eigenvalue weighted by Crippen LogP contribution is 2.00. The third-order valence-electron chi connectivity index (χ3n) is 2.70. The number of hydrogen-bond donors (Lipinski definition) is 0. The minimum absolute atomic E-state index is 0.232. The Balaban J connectivity index is 3.43. The van der Waals surface area contributed by atoms with Gasteiger partial charge in [-0.05, 0) is 19.3 Å². The Kier molecular flexibility index (Phi) is 13.2. The summed E-state index contributed by atoms with van der Waals surface area (Å²) in [6, 6.07) is 0. The molecule has 0 bridgehead atoms. The van der Waals surface area contributed by atoms with Gasteiger partial charge in [0.15, 0.2) is 0 Å². The van der Waals surface area contributed by atoms with Gasteiger partial charge in [0.1, 0.15) is 0 Å². The van der Waals surface area contributed by atoms with Crippen LogP contribution in [0.1, 0.15) is 65.2 Å². The van der Waals surface area contributed by atoms with Crippen LogP contribution in [0.15, 0.2) is 24.3 Å². The minimum atomic E-state index is -0.232. The Morgan fingerprint density at radius 3 is 2.39 bits per heavy atom. The first-order valence-electron chi connectivity index (χ1n) is 7.31. The number of unbranched alkanes of at least 4 members (excludes halogenated alkanes) is 6. The molecule has 0 aliphatic heterocycles. The fourth-order valence-electron chi connectivity index (χ4n) is 1.57. The average Bonchev–Trinajstić information content (AvgIpc) is 2.37. The Labute approximate surface area is 112 Å². The molecule has 0 N–H and O–H groups in total. The fourth-order valence-corrected chi connectivity index (χ4v) is 1.57. The summed E-state index contributed by atoms with van der Waals surface area (Å²) in [5, 5.41) is 0. The standard InChI is InChI=1S/C16H28O2/c1-3-5-7-9-10-11-12-14-16(17)18-15-13-8-6-4-2/h10-12,14H,3-9,13,15H2,1-2H3/b11-10+,14-12+. The molecule has 0 aromatic heterocycles. The average molecular weight is 252 g/mol. The van der Waals surface area contributed by atoms with Crippen molar-refractivity contribution in [3.63, 3.8) is 0 Å². The number of esters is 1. The van der Waals surface area contributed by atoms with Gasteiger partial charge in [-0.25, -0.2) is 4.79 Å². The van der Waals surface area contributed by atoms with E-state index in [0.717, 1.165) is 19.3 Å². The molecule has 104 valence electrons. The Bertz CT molecular complexity index is 241. The summed E-state index contributed by atoms with van der Waals surface area (Å²) in [6.45, 7) is 4.91. The van der Waals surface area contributed by atoms with Gasteiger partial charge in [0.05, 0.1) is 6.61 Å². The van der Waals surface area contributed by atoms with Crippen molar-refractivity contribution in [2.45, 2.75) is 65.2 Å². The molecule has 2 nitrogen and oxygen atoms in total. The van der Waals surface area contributed by atoms with Gasteiger partial charge in [-0.3, -0.25) is 0 Å². The van der Waals surface area contributed by atoms with Crippen LogP contribution in [-0.2, 0) is 9.53 Å². The fraction of sp³-hybridized carbons (Fsp3) is 0.688. The van der Waals surface area contributed by atoms with E-state index in [4.69, 9.17) is 4.74 Å². The molecule has 0 aromatic rings. The normalized spacial score (nSPS) is 11.4. The first-order chi connectivity index (χ1) is 8.81. The van der Waals surface area contributed by atoms with E-state index >= 15 is 0 Å². The van der Waals surface area contributed by atoms with Crippen molar-refractivity contribution in [2.75, 3.05) is 6.61 Å². The second-order valence-corrected chi connectivity index (χ2v) is 4.51. The molecular formula is C16H28O2. The van der Waals surface area contributed by atoms with E-state index in [2.05, 4.69) is 19.9 Å². The molecule has 0 fully saturated rings. The largest absolute Gasteiger partial charge is 0.463 e. The zero-order valence-electron chi connectivity index (χ0n) is 12.0. The molecule has 18 heavy (non-hydrogen) atoms. The van der Waals surface area contributed by atoms with E-state index in [-0.39, 0.29) is 5.97 Å². The topological polar surface area (TPSA) is 26.3 Å². The summed E-state index contributed by atoms with van der Waals surface area (Å²) >= 11 is 0. The maximum Gasteiger partial charge on any atom is 0.330 e. The van der Waals surface area contributed by atoms with E-state index in [1.54, 1.807) is 6.08 Å². The summed E-state index contributed by atoms with van der Waals surface area (Å²) in [5.74, 6) is -0.232. The van der Waals surface area contributed by atoms with Gasteiger partial charge in [0.2, 0.25) is 0 Å². The SMILES string of the molecule is CCCCC/C=C/C=C/C(=O)OCCCCCC. The van der Waals surface area contributed by atoms with E-state index < -0.39 is 0 Å². The third-order valence-corrected chi connectivity index (χ3v) is 2.70. The molecule has 0 heterocycles. The molecule has 0 aliphatic carbocycles. The predicted molar refractivity (Wildman–Crippen MR) is 77.5 cm³/mol. The minimum Gasteiger partial charge on any atom is -0.463 e. The van der Waals surface area contributed by atoms with Crippen molar-refractivity contribution < 1.29 is 9.53 Å². The van der Waals surface area contributed by atoms with Crippen LogP contribution in [0.5, 0.6) is 0 Å². The van der Waals surface area contributed by atoms with Gasteiger partial charge in [-0.15, -0.1) is 0 Å². The maximum atomic E-state index is 11.3. The predicted octanol–water partition coefficient (Wildman–Crippen LogP) is 4.80. The van der Waals surface area contributed by atoms with E-state index in [1.165, 1.54) is 38.2 Å². The van der Waals surface area contributed by atoms with Gasteiger partial charge in [-0.2, -0.15) is 0 Å². The lowest BCUT2D eigenvalue weighted by atomic mass is 10.2. The van der Waals surface area contributed by atoms with E-state index in [1.807, 2.05) is 6.08 Å². The molecule has 0 unspecified atom stereocenters. The van der Waals surface area contributed by atoms with Crippen LogP contribution in [0.4, 0.5) is 0 Å². The third kappa shape index (κ3) is 13.0.